The van der Waals surface area contributed by atoms with Gasteiger partial charge in [-0.05, 0) is 12.8 Å². The number of carbonyl (C=O) groups excluding carboxylic acids is 2. The summed E-state index contributed by atoms with van der Waals surface area (Å²) in [4.78, 5) is 23.7. The van der Waals surface area contributed by atoms with Gasteiger partial charge in [-0.25, -0.2) is 17.5 Å². The predicted octanol–water partition coefficient (Wildman–Crippen LogP) is -4.80. The van der Waals surface area contributed by atoms with Gasteiger partial charge in [0, 0.05) is 6.54 Å². The average Bonchev–Trinajstić information content (AvgIpc) is 2.38. The number of hydrogen-bond acceptors (Lipinski definition) is 5. The van der Waals surface area contributed by atoms with Crippen molar-refractivity contribution >= 4 is 22.2 Å². The Kier molecular flexibility index (Phi) is 4.09. The van der Waals surface area contributed by atoms with Crippen molar-refractivity contribution in [1.82, 2.24) is 9.21 Å². The molecule has 2 aliphatic heterocycles. The second-order valence-electron chi connectivity index (χ2n) is 3.84. The molecule has 0 unspecified atom stereocenters. The predicted molar refractivity (Wildman–Crippen MR) is 49.6 cm³/mol. The smallest absolute Gasteiger partial charge is 0.731 e. The summed E-state index contributed by atoms with van der Waals surface area (Å²) in [6, 6.07) is -2.41. The van der Waals surface area contributed by atoms with Crippen molar-refractivity contribution < 1.29 is 52.1 Å². The zero-order valence-electron chi connectivity index (χ0n) is 9.20. The molecule has 0 radical (unpaired) electrons. The molecule has 0 aromatic heterocycles. The molecular formula is C7H10N3NaO5S. The maximum atomic E-state index is 11.6. The molecule has 0 aromatic carbocycles. The van der Waals surface area contributed by atoms with Crippen LogP contribution in [0, 0.1) is 0 Å². The normalized spacial score (nSPS) is 27.9. The summed E-state index contributed by atoms with van der Waals surface area (Å²) in [7, 11) is -4.82. The number of rotatable bonds is 2. The summed E-state index contributed by atoms with van der Waals surface area (Å²) < 4.78 is 32.9. The molecule has 2 fully saturated rings. The molecule has 0 spiro atoms. The van der Waals surface area contributed by atoms with E-state index in [1.807, 2.05) is 0 Å². The maximum absolute atomic E-state index is 11.6. The molecule has 2 atom stereocenters. The molecule has 2 N–H and O–H groups in total. The molecule has 17 heavy (non-hydrogen) atoms. The van der Waals surface area contributed by atoms with E-state index in [1.165, 1.54) is 0 Å². The van der Waals surface area contributed by atoms with E-state index in [9.17, 15) is 22.6 Å². The van der Waals surface area contributed by atoms with Crippen molar-refractivity contribution in [2.45, 2.75) is 24.9 Å². The van der Waals surface area contributed by atoms with E-state index in [-0.39, 0.29) is 48.9 Å². The number of nitrogens with two attached hydrogens (primary N) is 1. The maximum Gasteiger partial charge on any atom is 1.00 e. The third kappa shape index (κ3) is 2.43. The number of fused-ring (bicyclic) bond motifs is 2. The van der Waals surface area contributed by atoms with Crippen LogP contribution in [0.2, 0.25) is 0 Å². The molecule has 2 heterocycles. The van der Waals surface area contributed by atoms with E-state index >= 15 is 0 Å². The van der Waals surface area contributed by atoms with Crippen LogP contribution in [-0.2, 0) is 15.1 Å². The van der Waals surface area contributed by atoms with Crippen LogP contribution in [0.4, 0.5) is 4.79 Å². The Balaban J connectivity index is 0.00000144. The van der Waals surface area contributed by atoms with Crippen molar-refractivity contribution in [2.75, 3.05) is 6.54 Å². The molecule has 2 aliphatic rings. The molecule has 10 heteroatoms. The Morgan fingerprint density at radius 3 is 2.47 bits per heavy atom. The topological polar surface area (TPSA) is 124 Å². The first-order chi connectivity index (χ1) is 7.32. The molecule has 0 aliphatic carbocycles. The van der Waals surface area contributed by atoms with Gasteiger partial charge in [-0.1, -0.05) is 0 Å². The first kappa shape index (κ1) is 14.7. The van der Waals surface area contributed by atoms with Crippen LogP contribution in [0.1, 0.15) is 12.8 Å². The number of amides is 3. The molecular weight excluding hydrogens is 261 g/mol. The Hall–Kier alpha value is -0.350. The number of nitrogens with zero attached hydrogens (tertiary/aromatic N) is 2. The van der Waals surface area contributed by atoms with Gasteiger partial charge >= 0.3 is 35.6 Å². The van der Waals surface area contributed by atoms with Gasteiger partial charge in [0.2, 0.25) is 5.91 Å². The van der Waals surface area contributed by atoms with Gasteiger partial charge in [-0.2, -0.15) is 0 Å². The van der Waals surface area contributed by atoms with Crippen molar-refractivity contribution in [2.24, 2.45) is 5.73 Å². The van der Waals surface area contributed by atoms with E-state index < -0.39 is 34.3 Å². The molecule has 0 aromatic rings. The van der Waals surface area contributed by atoms with Crippen LogP contribution < -0.4 is 35.3 Å². The van der Waals surface area contributed by atoms with Gasteiger partial charge in [0.25, 0.3) is 0 Å². The molecule has 90 valence electrons. The fourth-order valence-electron chi connectivity index (χ4n) is 2.21. The summed E-state index contributed by atoms with van der Waals surface area (Å²) >= 11 is 0. The molecule has 2 rings (SSSR count). The van der Waals surface area contributed by atoms with Gasteiger partial charge in [0.1, 0.15) is 6.04 Å². The second kappa shape index (κ2) is 4.73. The van der Waals surface area contributed by atoms with Crippen LogP contribution in [0.5, 0.6) is 0 Å². The van der Waals surface area contributed by atoms with Crippen LogP contribution in [0.3, 0.4) is 0 Å². The van der Waals surface area contributed by atoms with Crippen molar-refractivity contribution in [3.63, 3.8) is 0 Å². The number of hydrogen-bond donors (Lipinski definition) is 1. The Labute approximate surface area is 120 Å². The van der Waals surface area contributed by atoms with E-state index in [4.69, 9.17) is 5.73 Å². The SMILES string of the molecule is NC(=O)[C@@H]1CC[C@H]2CN1C(=O)N2S(=O)(=O)[O-].[Na+]. The molecule has 8 nitrogen and oxygen atoms in total. The minimum atomic E-state index is -4.82. The fourth-order valence-corrected chi connectivity index (χ4v) is 3.04. The summed E-state index contributed by atoms with van der Waals surface area (Å²) in [6.45, 7) is 0.0634. The van der Waals surface area contributed by atoms with Gasteiger partial charge in [0.05, 0.1) is 6.04 Å². The quantitative estimate of drug-likeness (QED) is 0.398. The second-order valence-corrected chi connectivity index (χ2v) is 5.09. The number of piperidine rings is 1. The summed E-state index contributed by atoms with van der Waals surface area (Å²) in [5.74, 6) is -0.683. The van der Waals surface area contributed by atoms with E-state index in [2.05, 4.69) is 0 Å². The monoisotopic (exact) mass is 271 g/mol. The van der Waals surface area contributed by atoms with E-state index in [0.717, 1.165) is 4.90 Å². The summed E-state index contributed by atoms with van der Waals surface area (Å²) in [5, 5.41) is 0. The van der Waals surface area contributed by atoms with Crippen molar-refractivity contribution in [3.05, 3.63) is 0 Å². The Morgan fingerprint density at radius 1 is 1.41 bits per heavy atom. The van der Waals surface area contributed by atoms with Crippen LogP contribution in [-0.4, -0.2) is 52.7 Å². The Morgan fingerprint density at radius 2 is 2.00 bits per heavy atom. The largest absolute Gasteiger partial charge is 1.00 e. The third-order valence-electron chi connectivity index (χ3n) is 2.89. The van der Waals surface area contributed by atoms with Gasteiger partial charge in [0.15, 0.2) is 10.3 Å². The van der Waals surface area contributed by atoms with Gasteiger partial charge in [-0.15, -0.1) is 0 Å². The fraction of sp³-hybridized carbons (Fsp3) is 0.714. The van der Waals surface area contributed by atoms with Crippen LogP contribution in [0.25, 0.3) is 0 Å². The molecule has 0 saturated carbocycles. The van der Waals surface area contributed by atoms with Crippen LogP contribution in [0.15, 0.2) is 0 Å². The van der Waals surface area contributed by atoms with Crippen molar-refractivity contribution in [3.8, 4) is 0 Å². The molecule has 2 saturated heterocycles. The number of urea groups is 1. The standard InChI is InChI=1S/C7H11N3O5S.Na/c8-6(11)5-2-1-4-3-9(5)7(12)10(4)16(13,14)15;/h4-5H,1-3H2,(H2,8,11)(H,13,14,15);/q;+1/p-1/t4-,5-;/m0./s1. The van der Waals surface area contributed by atoms with Gasteiger partial charge < -0.3 is 15.2 Å². The van der Waals surface area contributed by atoms with Crippen LogP contribution >= 0.6 is 0 Å². The van der Waals surface area contributed by atoms with Gasteiger partial charge in [-0.3, -0.25) is 4.79 Å². The first-order valence-corrected chi connectivity index (χ1v) is 6.04. The minimum Gasteiger partial charge on any atom is -0.731 e. The third-order valence-corrected chi connectivity index (χ3v) is 3.83. The minimum absolute atomic E-state index is 0. The van der Waals surface area contributed by atoms with Crippen molar-refractivity contribution in [1.29, 1.82) is 0 Å². The zero-order chi connectivity index (χ0) is 12.1. The molecule has 2 bridgehead atoms. The first-order valence-electron chi connectivity index (χ1n) is 4.67. The Bertz CT molecular complexity index is 452. The summed E-state index contributed by atoms with van der Waals surface area (Å²) in [5.41, 5.74) is 5.09. The summed E-state index contributed by atoms with van der Waals surface area (Å²) in [6.07, 6.45) is 0.578. The van der Waals surface area contributed by atoms with E-state index in [0.29, 0.717) is 4.31 Å². The average molecular weight is 271 g/mol. The number of carbonyl (C=O) groups is 2. The molecule has 3 amide bonds. The number of primary amides is 1. The van der Waals surface area contributed by atoms with E-state index in [1.54, 1.807) is 0 Å². The zero-order valence-corrected chi connectivity index (χ0v) is 12.0.